The lowest BCUT2D eigenvalue weighted by Crippen LogP contribution is -2.37. The summed E-state index contributed by atoms with van der Waals surface area (Å²) in [5.74, 6) is -0.0792. The Kier molecular flexibility index (Phi) is 5.18. The molecule has 31 heavy (non-hydrogen) atoms. The molecule has 5 nitrogen and oxygen atoms in total. The number of nitrogens with zero attached hydrogens (tertiary/aromatic N) is 3. The van der Waals surface area contributed by atoms with Gasteiger partial charge < -0.3 is 9.80 Å². The topological polar surface area (TPSA) is 53.5 Å². The summed E-state index contributed by atoms with van der Waals surface area (Å²) in [6.45, 7) is 1.00. The van der Waals surface area contributed by atoms with Crippen molar-refractivity contribution in [2.75, 3.05) is 7.05 Å². The third-order valence-corrected chi connectivity index (χ3v) is 6.62. The van der Waals surface area contributed by atoms with E-state index in [1.54, 1.807) is 4.90 Å². The van der Waals surface area contributed by atoms with Gasteiger partial charge in [0.1, 0.15) is 5.69 Å². The normalized spacial score (nSPS) is 16.5. The van der Waals surface area contributed by atoms with Gasteiger partial charge in [0.05, 0.1) is 11.1 Å². The van der Waals surface area contributed by atoms with Crippen LogP contribution in [-0.2, 0) is 13.1 Å². The van der Waals surface area contributed by atoms with Crippen LogP contribution in [0.2, 0.25) is 0 Å². The number of aromatic nitrogens is 1. The zero-order valence-electron chi connectivity index (χ0n) is 17.9. The predicted octanol–water partition coefficient (Wildman–Crippen LogP) is 4.80. The van der Waals surface area contributed by atoms with E-state index in [9.17, 15) is 9.59 Å². The summed E-state index contributed by atoms with van der Waals surface area (Å²) in [7, 11) is 1.83. The Balaban J connectivity index is 1.55. The van der Waals surface area contributed by atoms with Crippen LogP contribution in [-0.4, -0.2) is 39.7 Å². The number of rotatable bonds is 4. The highest BCUT2D eigenvalue weighted by Crippen LogP contribution is 2.35. The minimum Gasteiger partial charge on any atom is -0.337 e. The molecule has 0 radical (unpaired) electrons. The lowest BCUT2D eigenvalue weighted by Gasteiger charge is -2.30. The van der Waals surface area contributed by atoms with Crippen molar-refractivity contribution in [2.45, 2.75) is 51.2 Å². The molecule has 2 aliphatic rings. The molecule has 1 aromatic heterocycles. The summed E-state index contributed by atoms with van der Waals surface area (Å²) in [6, 6.07) is 17.9. The molecule has 5 heteroatoms. The largest absolute Gasteiger partial charge is 0.337 e. The second-order valence-electron chi connectivity index (χ2n) is 8.70. The van der Waals surface area contributed by atoms with Crippen LogP contribution in [0.15, 0.2) is 54.6 Å². The number of hydrogen-bond acceptors (Lipinski definition) is 3. The van der Waals surface area contributed by atoms with Crippen LogP contribution in [0.3, 0.4) is 0 Å². The van der Waals surface area contributed by atoms with Gasteiger partial charge in [-0.15, -0.1) is 0 Å². The third kappa shape index (κ3) is 3.58. The maximum Gasteiger partial charge on any atom is 0.273 e. The molecule has 0 bridgehead atoms. The molecule has 2 amide bonds. The molecular formula is C26H27N3O2. The van der Waals surface area contributed by atoms with E-state index in [0.29, 0.717) is 29.9 Å². The van der Waals surface area contributed by atoms with Crippen molar-refractivity contribution in [2.24, 2.45) is 0 Å². The molecule has 2 heterocycles. The fraction of sp³-hybridized carbons (Fsp3) is 0.346. The molecule has 1 aliphatic carbocycles. The number of carbonyl (C=O) groups excluding carboxylic acids is 2. The van der Waals surface area contributed by atoms with Crippen molar-refractivity contribution >= 4 is 22.7 Å². The van der Waals surface area contributed by atoms with Gasteiger partial charge in [0.2, 0.25) is 0 Å². The first-order valence-electron chi connectivity index (χ1n) is 11.2. The minimum atomic E-state index is -0.0583. The third-order valence-electron chi connectivity index (χ3n) is 6.62. The molecule has 3 aromatic rings. The van der Waals surface area contributed by atoms with Crippen LogP contribution in [0.5, 0.6) is 0 Å². The molecule has 0 unspecified atom stereocenters. The van der Waals surface area contributed by atoms with E-state index < -0.39 is 0 Å². The maximum absolute atomic E-state index is 13.7. The molecule has 0 spiro atoms. The SMILES string of the molecule is CN(Cc1ccccc1)C(=O)c1c2c(nc3ccccc13)C(=O)N(C1CCCCC1)C2. The highest BCUT2D eigenvalue weighted by Gasteiger charge is 2.38. The Labute approximate surface area is 182 Å². The molecule has 1 saturated carbocycles. The van der Waals surface area contributed by atoms with Crippen molar-refractivity contribution in [3.63, 3.8) is 0 Å². The van der Waals surface area contributed by atoms with Gasteiger partial charge in [-0.1, -0.05) is 67.8 Å². The van der Waals surface area contributed by atoms with Gasteiger partial charge in [-0.2, -0.15) is 0 Å². The second kappa shape index (κ2) is 8.14. The number of hydrogen-bond donors (Lipinski definition) is 0. The van der Waals surface area contributed by atoms with E-state index in [1.165, 1.54) is 6.42 Å². The fourth-order valence-electron chi connectivity index (χ4n) is 5.01. The van der Waals surface area contributed by atoms with E-state index in [-0.39, 0.29) is 17.9 Å². The molecule has 0 saturated heterocycles. The first-order valence-corrected chi connectivity index (χ1v) is 11.2. The Bertz CT molecular complexity index is 1140. The number of benzene rings is 2. The Hall–Kier alpha value is -3.21. The highest BCUT2D eigenvalue weighted by molar-refractivity contribution is 6.11. The summed E-state index contributed by atoms with van der Waals surface area (Å²) in [6.07, 6.45) is 5.63. The molecule has 1 fully saturated rings. The van der Waals surface area contributed by atoms with Crippen LogP contribution in [0.1, 0.15) is 64.1 Å². The zero-order valence-corrected chi connectivity index (χ0v) is 17.9. The second-order valence-corrected chi connectivity index (χ2v) is 8.70. The molecule has 158 valence electrons. The average molecular weight is 414 g/mol. The number of para-hydroxylation sites is 1. The van der Waals surface area contributed by atoms with Crippen LogP contribution < -0.4 is 0 Å². The van der Waals surface area contributed by atoms with Crippen molar-refractivity contribution in [1.82, 2.24) is 14.8 Å². The van der Waals surface area contributed by atoms with Crippen molar-refractivity contribution in [3.05, 3.63) is 77.0 Å². The van der Waals surface area contributed by atoms with Crippen LogP contribution in [0.25, 0.3) is 10.9 Å². The van der Waals surface area contributed by atoms with Gasteiger partial charge in [0.25, 0.3) is 11.8 Å². The highest BCUT2D eigenvalue weighted by atomic mass is 16.2. The average Bonchev–Trinajstić information content (AvgIpc) is 3.14. The minimum absolute atomic E-state index is 0.0209. The van der Waals surface area contributed by atoms with Gasteiger partial charge in [-0.3, -0.25) is 9.59 Å². The Morgan fingerprint density at radius 3 is 2.52 bits per heavy atom. The van der Waals surface area contributed by atoms with Crippen LogP contribution in [0.4, 0.5) is 0 Å². The first-order chi connectivity index (χ1) is 15.1. The summed E-state index contributed by atoms with van der Waals surface area (Å²) in [5.41, 5.74) is 3.66. The van der Waals surface area contributed by atoms with E-state index in [0.717, 1.165) is 42.2 Å². The summed E-state index contributed by atoms with van der Waals surface area (Å²) < 4.78 is 0. The summed E-state index contributed by atoms with van der Waals surface area (Å²) >= 11 is 0. The molecule has 2 aromatic carbocycles. The van der Waals surface area contributed by atoms with Crippen LogP contribution >= 0.6 is 0 Å². The molecular weight excluding hydrogens is 386 g/mol. The molecule has 1 aliphatic heterocycles. The quantitative estimate of drug-likeness (QED) is 0.618. The van der Waals surface area contributed by atoms with Gasteiger partial charge in [-0.05, 0) is 24.5 Å². The smallest absolute Gasteiger partial charge is 0.273 e. The van der Waals surface area contributed by atoms with Gasteiger partial charge >= 0.3 is 0 Å². The van der Waals surface area contributed by atoms with Crippen molar-refractivity contribution in [1.29, 1.82) is 0 Å². The van der Waals surface area contributed by atoms with E-state index >= 15 is 0 Å². The van der Waals surface area contributed by atoms with E-state index in [2.05, 4.69) is 0 Å². The Morgan fingerprint density at radius 2 is 1.74 bits per heavy atom. The van der Waals surface area contributed by atoms with Gasteiger partial charge in [0.15, 0.2) is 0 Å². The van der Waals surface area contributed by atoms with Crippen molar-refractivity contribution < 1.29 is 9.59 Å². The summed E-state index contributed by atoms with van der Waals surface area (Å²) in [4.78, 5) is 35.4. The van der Waals surface area contributed by atoms with E-state index in [1.807, 2.05) is 66.5 Å². The zero-order chi connectivity index (χ0) is 21.4. The maximum atomic E-state index is 13.7. The molecule has 0 N–H and O–H groups in total. The van der Waals surface area contributed by atoms with Crippen LogP contribution in [0, 0.1) is 0 Å². The fourth-order valence-corrected chi connectivity index (χ4v) is 5.01. The van der Waals surface area contributed by atoms with Gasteiger partial charge in [-0.25, -0.2) is 4.98 Å². The standard InChI is InChI=1S/C26H27N3O2/c1-28(16-18-10-4-2-5-11-18)25(30)23-20-14-8-9-15-22(20)27-24-21(23)17-29(26(24)31)19-12-6-3-7-13-19/h2,4-5,8-11,14-15,19H,3,6-7,12-13,16-17H2,1H3. The Morgan fingerprint density at radius 1 is 1.03 bits per heavy atom. The van der Waals surface area contributed by atoms with Gasteiger partial charge in [0, 0.05) is 37.1 Å². The molecule has 5 rings (SSSR count). The lowest BCUT2D eigenvalue weighted by atomic mass is 9.94. The number of pyridine rings is 1. The lowest BCUT2D eigenvalue weighted by molar-refractivity contribution is 0.0653. The summed E-state index contributed by atoms with van der Waals surface area (Å²) in [5, 5.41) is 0.824. The monoisotopic (exact) mass is 413 g/mol. The first kappa shape index (κ1) is 19.7. The van der Waals surface area contributed by atoms with Crippen molar-refractivity contribution in [3.8, 4) is 0 Å². The number of carbonyl (C=O) groups is 2. The number of fused-ring (bicyclic) bond motifs is 2. The molecule has 0 atom stereocenters. The van der Waals surface area contributed by atoms with E-state index in [4.69, 9.17) is 4.98 Å². The number of amides is 2. The predicted molar refractivity (Wildman–Crippen MR) is 121 cm³/mol.